The Morgan fingerprint density at radius 3 is 2.32 bits per heavy atom. The highest BCUT2D eigenvalue weighted by Crippen LogP contribution is 2.11. The molecule has 1 atom stereocenters. The highest BCUT2D eigenvalue weighted by Gasteiger charge is 2.25. The molecule has 122 valence electrons. The molecule has 0 radical (unpaired) electrons. The number of rotatable bonds is 5. The number of alkyl carbamates (subject to hydrolysis) is 1. The molecule has 1 aromatic carbocycles. The van der Waals surface area contributed by atoms with Crippen LogP contribution in [-0.2, 0) is 20.7 Å². The molecule has 0 aliphatic rings. The molecule has 0 spiro atoms. The zero-order chi connectivity index (χ0) is 16.8. The second-order valence-electron chi connectivity index (χ2n) is 5.90. The van der Waals surface area contributed by atoms with Crippen LogP contribution in [0.3, 0.4) is 0 Å². The zero-order valence-corrected chi connectivity index (χ0v) is 13.5. The van der Waals surface area contributed by atoms with Crippen LogP contribution in [0.1, 0.15) is 33.3 Å². The van der Waals surface area contributed by atoms with Gasteiger partial charge in [-0.05, 0) is 45.4 Å². The van der Waals surface area contributed by atoms with Crippen molar-refractivity contribution in [1.82, 2.24) is 5.32 Å². The van der Waals surface area contributed by atoms with Crippen molar-refractivity contribution in [2.45, 2.75) is 45.8 Å². The van der Waals surface area contributed by atoms with Crippen LogP contribution in [0.5, 0.6) is 0 Å². The van der Waals surface area contributed by atoms with Crippen LogP contribution >= 0.6 is 0 Å². The molecule has 3 N–H and O–H groups in total. The highest BCUT2D eigenvalue weighted by atomic mass is 16.6. The fraction of sp³-hybridized carbons (Fsp3) is 0.500. The van der Waals surface area contributed by atoms with Gasteiger partial charge in [0.2, 0.25) is 0 Å². The van der Waals surface area contributed by atoms with Gasteiger partial charge in [0.1, 0.15) is 11.6 Å². The van der Waals surface area contributed by atoms with Crippen molar-refractivity contribution in [3.63, 3.8) is 0 Å². The molecule has 1 aromatic rings. The van der Waals surface area contributed by atoms with Gasteiger partial charge in [-0.3, -0.25) is 0 Å². The molecule has 0 aliphatic carbocycles. The Kier molecular flexibility index (Phi) is 6.22. The van der Waals surface area contributed by atoms with Gasteiger partial charge >= 0.3 is 12.1 Å². The Morgan fingerprint density at radius 2 is 1.82 bits per heavy atom. The summed E-state index contributed by atoms with van der Waals surface area (Å²) in [6.07, 6.45) is -0.348. The minimum Gasteiger partial charge on any atom is -0.464 e. The predicted octanol–water partition coefficient (Wildman–Crippen LogP) is 2.27. The van der Waals surface area contributed by atoms with E-state index in [9.17, 15) is 9.59 Å². The van der Waals surface area contributed by atoms with Crippen molar-refractivity contribution >= 4 is 17.7 Å². The number of hydrogen-bond acceptors (Lipinski definition) is 5. The number of esters is 1. The first kappa shape index (κ1) is 17.8. The third kappa shape index (κ3) is 6.47. The van der Waals surface area contributed by atoms with Gasteiger partial charge in [-0.2, -0.15) is 0 Å². The quantitative estimate of drug-likeness (QED) is 0.643. The van der Waals surface area contributed by atoms with Crippen molar-refractivity contribution in [1.29, 1.82) is 0 Å². The normalized spacial score (nSPS) is 12.4. The summed E-state index contributed by atoms with van der Waals surface area (Å²) in [6, 6.07) is 6.28. The number of benzene rings is 1. The molecule has 6 nitrogen and oxygen atoms in total. The van der Waals surface area contributed by atoms with Crippen molar-refractivity contribution in [3.05, 3.63) is 29.8 Å². The lowest BCUT2D eigenvalue weighted by molar-refractivity contribution is -0.145. The Morgan fingerprint density at radius 1 is 1.23 bits per heavy atom. The lowest BCUT2D eigenvalue weighted by Gasteiger charge is -2.23. The fourth-order valence-corrected chi connectivity index (χ4v) is 1.78. The molecular weight excluding hydrogens is 284 g/mol. The topological polar surface area (TPSA) is 90.6 Å². The van der Waals surface area contributed by atoms with E-state index < -0.39 is 23.7 Å². The number of ether oxygens (including phenoxy) is 2. The summed E-state index contributed by atoms with van der Waals surface area (Å²) in [5.74, 6) is -0.495. The van der Waals surface area contributed by atoms with E-state index in [4.69, 9.17) is 15.2 Å². The lowest BCUT2D eigenvalue weighted by Crippen LogP contribution is -2.45. The molecule has 1 rings (SSSR count). The van der Waals surface area contributed by atoms with Crippen molar-refractivity contribution in [3.8, 4) is 0 Å². The molecule has 0 unspecified atom stereocenters. The maximum absolute atomic E-state index is 12.0. The Balaban J connectivity index is 2.77. The molecule has 0 heterocycles. The average molecular weight is 308 g/mol. The number of amides is 1. The van der Waals surface area contributed by atoms with Crippen molar-refractivity contribution in [2.75, 3.05) is 12.3 Å². The Labute approximate surface area is 131 Å². The van der Waals surface area contributed by atoms with Crippen LogP contribution in [0.2, 0.25) is 0 Å². The van der Waals surface area contributed by atoms with E-state index >= 15 is 0 Å². The monoisotopic (exact) mass is 308 g/mol. The summed E-state index contributed by atoms with van der Waals surface area (Å²) in [5.41, 5.74) is 6.50. The second-order valence-corrected chi connectivity index (χ2v) is 5.90. The maximum atomic E-state index is 12.0. The summed E-state index contributed by atoms with van der Waals surface area (Å²) in [6.45, 7) is 7.22. The van der Waals surface area contributed by atoms with Gasteiger partial charge in [-0.15, -0.1) is 0 Å². The van der Waals surface area contributed by atoms with Crippen LogP contribution in [0.4, 0.5) is 10.5 Å². The molecule has 0 saturated heterocycles. The van der Waals surface area contributed by atoms with E-state index in [1.165, 1.54) is 0 Å². The number of nitrogens with one attached hydrogen (secondary N) is 1. The molecule has 0 aliphatic heterocycles. The van der Waals surface area contributed by atoms with E-state index in [1.807, 2.05) is 0 Å². The predicted molar refractivity (Wildman–Crippen MR) is 84.3 cm³/mol. The minimum atomic E-state index is -0.807. The first-order valence-electron chi connectivity index (χ1n) is 7.22. The standard InChI is InChI=1S/C16H24N2O4/c1-5-21-14(19)13(18-15(20)22-16(2,3)4)10-11-6-8-12(17)9-7-11/h6-9,13H,5,10,17H2,1-4H3,(H,18,20)/t13-/m1/s1. The largest absolute Gasteiger partial charge is 0.464 e. The van der Waals surface area contributed by atoms with Gasteiger partial charge in [0.05, 0.1) is 6.61 Å². The third-order valence-electron chi connectivity index (χ3n) is 2.68. The van der Waals surface area contributed by atoms with Gasteiger partial charge in [0.25, 0.3) is 0 Å². The maximum Gasteiger partial charge on any atom is 0.408 e. The van der Waals surface area contributed by atoms with Gasteiger partial charge in [-0.25, -0.2) is 9.59 Å². The molecule has 0 aromatic heterocycles. The second kappa shape index (κ2) is 7.68. The SMILES string of the molecule is CCOC(=O)[C@@H](Cc1ccc(N)cc1)NC(=O)OC(C)(C)C. The summed E-state index contributed by atoms with van der Waals surface area (Å²) in [4.78, 5) is 23.9. The van der Waals surface area contributed by atoms with Crippen molar-refractivity contribution < 1.29 is 19.1 Å². The number of anilines is 1. The first-order valence-corrected chi connectivity index (χ1v) is 7.22. The van der Waals surface area contributed by atoms with E-state index in [1.54, 1.807) is 52.0 Å². The van der Waals surface area contributed by atoms with Crippen molar-refractivity contribution in [2.24, 2.45) is 0 Å². The van der Waals surface area contributed by atoms with Crippen LogP contribution in [0, 0.1) is 0 Å². The van der Waals surface area contributed by atoms with E-state index in [0.29, 0.717) is 12.1 Å². The summed E-state index contributed by atoms with van der Waals surface area (Å²) < 4.78 is 10.2. The van der Waals surface area contributed by atoms with Gasteiger partial charge in [0, 0.05) is 12.1 Å². The average Bonchev–Trinajstić information content (AvgIpc) is 2.38. The van der Waals surface area contributed by atoms with Crippen LogP contribution < -0.4 is 11.1 Å². The number of carbonyl (C=O) groups excluding carboxylic acids is 2. The smallest absolute Gasteiger partial charge is 0.408 e. The Bertz CT molecular complexity index is 506. The summed E-state index contributed by atoms with van der Waals surface area (Å²) in [5, 5.41) is 2.55. The molecule has 22 heavy (non-hydrogen) atoms. The highest BCUT2D eigenvalue weighted by molar-refractivity contribution is 5.81. The molecule has 1 amide bonds. The molecule has 6 heteroatoms. The molecule has 0 saturated carbocycles. The fourth-order valence-electron chi connectivity index (χ4n) is 1.78. The third-order valence-corrected chi connectivity index (χ3v) is 2.68. The van der Waals surface area contributed by atoms with E-state index in [-0.39, 0.29) is 6.61 Å². The molecule has 0 bridgehead atoms. The van der Waals surface area contributed by atoms with Crippen LogP contribution in [0.15, 0.2) is 24.3 Å². The number of nitrogens with two attached hydrogens (primary N) is 1. The summed E-state index contributed by atoms with van der Waals surface area (Å²) in [7, 11) is 0. The minimum absolute atomic E-state index is 0.243. The number of nitrogen functional groups attached to an aromatic ring is 1. The van der Waals surface area contributed by atoms with E-state index in [2.05, 4.69) is 5.32 Å². The van der Waals surface area contributed by atoms with Crippen LogP contribution in [0.25, 0.3) is 0 Å². The number of carbonyl (C=O) groups is 2. The first-order chi connectivity index (χ1) is 10.2. The van der Waals surface area contributed by atoms with Gasteiger partial charge < -0.3 is 20.5 Å². The molecule has 0 fully saturated rings. The lowest BCUT2D eigenvalue weighted by atomic mass is 10.1. The van der Waals surface area contributed by atoms with E-state index in [0.717, 1.165) is 5.56 Å². The molecular formula is C16H24N2O4. The number of hydrogen-bond donors (Lipinski definition) is 2. The van der Waals surface area contributed by atoms with Gasteiger partial charge in [0.15, 0.2) is 0 Å². The van der Waals surface area contributed by atoms with Crippen LogP contribution in [-0.4, -0.2) is 30.3 Å². The summed E-state index contributed by atoms with van der Waals surface area (Å²) >= 11 is 0. The van der Waals surface area contributed by atoms with Gasteiger partial charge in [-0.1, -0.05) is 12.1 Å². The zero-order valence-electron chi connectivity index (χ0n) is 13.5. The Hall–Kier alpha value is -2.24.